The molecule has 2 aliphatic rings. The topological polar surface area (TPSA) is 64.6 Å². The van der Waals surface area contributed by atoms with Gasteiger partial charge in [-0.3, -0.25) is 0 Å². The van der Waals surface area contributed by atoms with Crippen LogP contribution >= 0.6 is 0 Å². The lowest BCUT2D eigenvalue weighted by atomic mass is 10.0. The summed E-state index contributed by atoms with van der Waals surface area (Å²) in [4.78, 5) is 0. The maximum Gasteiger partial charge on any atom is 0.230 e. The van der Waals surface area contributed by atoms with Crippen LogP contribution in [-0.2, 0) is 36.9 Å². The van der Waals surface area contributed by atoms with Gasteiger partial charge in [-0.2, -0.15) is 0 Å². The Bertz CT molecular complexity index is 1090. The molecule has 8 heteroatoms. The van der Waals surface area contributed by atoms with Gasteiger partial charge in [0.2, 0.25) is 6.36 Å². The molecule has 2 aliphatic heterocycles. The number of hydrogen-bond donors (Lipinski definition) is 0. The van der Waals surface area contributed by atoms with E-state index in [4.69, 9.17) is 33.2 Å². The highest BCUT2D eigenvalue weighted by atomic mass is 19.1. The average molecular weight is 497 g/mol. The summed E-state index contributed by atoms with van der Waals surface area (Å²) < 4.78 is 55.7. The first kappa shape index (κ1) is 24.7. The molecule has 36 heavy (non-hydrogen) atoms. The molecule has 3 aromatic rings. The van der Waals surface area contributed by atoms with Crippen molar-refractivity contribution in [1.29, 1.82) is 0 Å². The van der Waals surface area contributed by atoms with Crippen molar-refractivity contribution in [2.24, 2.45) is 0 Å². The van der Waals surface area contributed by atoms with E-state index in [1.54, 1.807) is 14.2 Å². The van der Waals surface area contributed by atoms with Crippen molar-refractivity contribution < 1.29 is 37.5 Å². The number of benzene rings is 3. The van der Waals surface area contributed by atoms with Gasteiger partial charge in [0.25, 0.3) is 0 Å². The first-order valence-electron chi connectivity index (χ1n) is 11.8. The molecule has 0 radical (unpaired) electrons. The Labute approximate surface area is 209 Å². The molecule has 0 saturated carbocycles. The van der Waals surface area contributed by atoms with Crippen LogP contribution in [0.25, 0.3) is 0 Å². The van der Waals surface area contributed by atoms with Crippen molar-refractivity contribution in [3.8, 4) is 11.5 Å². The van der Waals surface area contributed by atoms with Crippen LogP contribution in [0.5, 0.6) is 11.5 Å². The number of methoxy groups -OCH3 is 2. The summed E-state index contributed by atoms with van der Waals surface area (Å²) in [6, 6.07) is 24.3. The van der Waals surface area contributed by atoms with Crippen LogP contribution in [-0.4, -0.2) is 45.2 Å². The summed E-state index contributed by atoms with van der Waals surface area (Å²) >= 11 is 0. The molecule has 3 aromatic carbocycles. The Kier molecular flexibility index (Phi) is 7.79. The molecule has 6 atom stereocenters. The van der Waals surface area contributed by atoms with Gasteiger partial charge in [-0.05, 0) is 35.4 Å². The van der Waals surface area contributed by atoms with Crippen LogP contribution < -0.4 is 9.47 Å². The zero-order valence-corrected chi connectivity index (χ0v) is 20.1. The quantitative estimate of drug-likeness (QED) is 0.416. The van der Waals surface area contributed by atoms with Gasteiger partial charge in [-0.1, -0.05) is 54.6 Å². The van der Waals surface area contributed by atoms with Gasteiger partial charge in [-0.15, -0.1) is 0 Å². The van der Waals surface area contributed by atoms with Crippen LogP contribution in [0.15, 0.2) is 78.9 Å². The fourth-order valence-electron chi connectivity index (χ4n) is 4.28. The molecule has 2 fully saturated rings. The second-order valence-electron chi connectivity index (χ2n) is 8.58. The Balaban J connectivity index is 1.33. The fraction of sp³-hybridized carbons (Fsp3) is 0.357. The minimum atomic E-state index is -1.76. The molecule has 0 aliphatic carbocycles. The van der Waals surface area contributed by atoms with Crippen molar-refractivity contribution in [3.05, 3.63) is 95.6 Å². The van der Waals surface area contributed by atoms with Gasteiger partial charge in [0, 0.05) is 5.56 Å². The minimum absolute atomic E-state index is 0.168. The minimum Gasteiger partial charge on any atom is -0.497 e. The van der Waals surface area contributed by atoms with Gasteiger partial charge in [0.05, 0.1) is 27.4 Å². The van der Waals surface area contributed by atoms with Crippen molar-refractivity contribution >= 4 is 0 Å². The van der Waals surface area contributed by atoms with Gasteiger partial charge in [0.15, 0.2) is 12.6 Å². The van der Waals surface area contributed by atoms with E-state index in [0.717, 1.165) is 28.2 Å². The van der Waals surface area contributed by atoms with E-state index in [2.05, 4.69) is 0 Å². The summed E-state index contributed by atoms with van der Waals surface area (Å²) in [5.41, 5.74) is 2.59. The molecule has 0 N–H and O–H groups in total. The molecule has 2 heterocycles. The van der Waals surface area contributed by atoms with Gasteiger partial charge in [0.1, 0.15) is 29.8 Å². The summed E-state index contributed by atoms with van der Waals surface area (Å²) in [5.74, 6) is 1.47. The Hall–Kier alpha value is -3.01. The molecule has 2 saturated heterocycles. The Morgan fingerprint density at radius 2 is 1.22 bits per heavy atom. The molecular weight excluding hydrogens is 467 g/mol. The van der Waals surface area contributed by atoms with E-state index >= 15 is 4.39 Å². The van der Waals surface area contributed by atoms with E-state index in [1.165, 1.54) is 0 Å². The van der Waals surface area contributed by atoms with E-state index in [0.29, 0.717) is 0 Å². The normalized spacial score (nSPS) is 27.4. The number of ether oxygens (including phenoxy) is 7. The van der Waals surface area contributed by atoms with Gasteiger partial charge in [-0.25, -0.2) is 4.39 Å². The first-order chi connectivity index (χ1) is 17.6. The smallest absolute Gasteiger partial charge is 0.230 e. The van der Waals surface area contributed by atoms with Gasteiger partial charge >= 0.3 is 0 Å². The number of alkyl halides is 1. The van der Waals surface area contributed by atoms with Crippen LogP contribution in [0.4, 0.5) is 4.39 Å². The Morgan fingerprint density at radius 1 is 0.667 bits per heavy atom. The van der Waals surface area contributed by atoms with Crippen molar-refractivity contribution in [2.45, 2.75) is 50.5 Å². The molecule has 0 aromatic heterocycles. The highest BCUT2D eigenvalue weighted by Gasteiger charge is 2.54. The van der Waals surface area contributed by atoms with E-state index < -0.39 is 37.2 Å². The monoisotopic (exact) mass is 496 g/mol. The third-order valence-corrected chi connectivity index (χ3v) is 6.25. The van der Waals surface area contributed by atoms with Crippen LogP contribution in [0, 0.1) is 0 Å². The average Bonchev–Trinajstić information content (AvgIpc) is 3.35. The zero-order chi connectivity index (χ0) is 24.9. The third-order valence-electron chi connectivity index (χ3n) is 6.25. The highest BCUT2D eigenvalue weighted by molar-refractivity contribution is 5.27. The zero-order valence-electron chi connectivity index (χ0n) is 20.1. The standard InChI is InChI=1S/C28H29FO7/c1-30-21-12-8-18(9-13-21)16-32-23-24(33-17-19-10-14-22(31-2)15-11-19)26(29)35-28-25(23)34-27(36-28)20-6-4-3-5-7-20/h3-15,23-28H,16-17H2,1-2H3/t23?,24-,25+,26-,27?,28?/m0/s1. The maximum absolute atomic E-state index is 15.3. The van der Waals surface area contributed by atoms with Crippen molar-refractivity contribution in [1.82, 2.24) is 0 Å². The Morgan fingerprint density at radius 3 is 1.78 bits per heavy atom. The number of hydrogen-bond acceptors (Lipinski definition) is 7. The molecule has 7 nitrogen and oxygen atoms in total. The lowest BCUT2D eigenvalue weighted by Gasteiger charge is -2.39. The highest BCUT2D eigenvalue weighted by Crippen LogP contribution is 2.40. The molecule has 0 bridgehead atoms. The molecule has 190 valence electrons. The lowest BCUT2D eigenvalue weighted by Crippen LogP contribution is -2.57. The van der Waals surface area contributed by atoms with E-state index in [-0.39, 0.29) is 13.2 Å². The SMILES string of the molecule is COc1ccc(COC2[C@H]3OC(c4ccccc4)OC3O[C@H](F)[C@H]2OCc2ccc(OC)cc2)cc1. The van der Waals surface area contributed by atoms with Crippen LogP contribution in [0.3, 0.4) is 0 Å². The number of fused-ring (bicyclic) bond motifs is 1. The van der Waals surface area contributed by atoms with Crippen LogP contribution in [0.2, 0.25) is 0 Å². The van der Waals surface area contributed by atoms with Crippen molar-refractivity contribution in [3.63, 3.8) is 0 Å². The fourth-order valence-corrected chi connectivity index (χ4v) is 4.28. The number of halogens is 1. The van der Waals surface area contributed by atoms with Crippen LogP contribution in [0.1, 0.15) is 23.0 Å². The predicted molar refractivity (Wildman–Crippen MR) is 128 cm³/mol. The molecule has 0 spiro atoms. The largest absolute Gasteiger partial charge is 0.497 e. The first-order valence-corrected chi connectivity index (χ1v) is 11.8. The maximum atomic E-state index is 15.3. The molecule has 5 rings (SSSR count). The summed E-state index contributed by atoms with van der Waals surface area (Å²) in [5, 5.41) is 0. The second kappa shape index (κ2) is 11.4. The van der Waals surface area contributed by atoms with Gasteiger partial charge < -0.3 is 33.2 Å². The third kappa shape index (κ3) is 5.53. The number of rotatable bonds is 9. The molecule has 3 unspecified atom stereocenters. The summed E-state index contributed by atoms with van der Waals surface area (Å²) in [6.45, 7) is 0.396. The predicted octanol–water partition coefficient (Wildman–Crippen LogP) is 4.94. The second-order valence-corrected chi connectivity index (χ2v) is 8.58. The lowest BCUT2D eigenvalue weighted by molar-refractivity contribution is -0.300. The van der Waals surface area contributed by atoms with Crippen molar-refractivity contribution in [2.75, 3.05) is 14.2 Å². The van der Waals surface area contributed by atoms with E-state index in [9.17, 15) is 0 Å². The summed E-state index contributed by atoms with van der Waals surface area (Å²) in [6.07, 6.45) is -5.85. The summed E-state index contributed by atoms with van der Waals surface area (Å²) in [7, 11) is 3.21. The van der Waals surface area contributed by atoms with E-state index in [1.807, 2.05) is 78.9 Å². The molecule has 0 amide bonds. The molecular formula is C28H29FO7.